The molecule has 0 unspecified atom stereocenters. The fourth-order valence-electron chi connectivity index (χ4n) is 0.861. The average molecular weight is 232 g/mol. The van der Waals surface area contributed by atoms with Crippen LogP contribution in [-0.2, 0) is 4.79 Å². The lowest BCUT2D eigenvalue weighted by Gasteiger charge is -2.06. The number of hydrogen-bond acceptors (Lipinski definition) is 5. The zero-order valence-electron chi connectivity index (χ0n) is 8.03. The van der Waals surface area contributed by atoms with Gasteiger partial charge in [-0.05, 0) is 0 Å². The van der Waals surface area contributed by atoms with Crippen LogP contribution in [0.4, 0.5) is 5.82 Å². The van der Waals surface area contributed by atoms with Crippen LogP contribution in [0, 0.1) is 0 Å². The monoisotopic (exact) mass is 231 g/mol. The zero-order valence-corrected chi connectivity index (χ0v) is 8.78. The van der Waals surface area contributed by atoms with Crippen molar-refractivity contribution in [2.75, 3.05) is 19.0 Å². The quantitative estimate of drug-likeness (QED) is 0.787. The van der Waals surface area contributed by atoms with Crippen LogP contribution >= 0.6 is 11.6 Å². The Morgan fingerprint density at radius 3 is 3.07 bits per heavy atom. The van der Waals surface area contributed by atoms with Crippen molar-refractivity contribution in [3.63, 3.8) is 0 Å². The molecule has 1 heterocycles. The minimum absolute atomic E-state index is 0.0113. The van der Waals surface area contributed by atoms with Gasteiger partial charge in [0.2, 0.25) is 0 Å². The lowest BCUT2D eigenvalue weighted by molar-refractivity contribution is -0.136. The lowest BCUT2D eigenvalue weighted by atomic mass is 10.4. The molecule has 0 fully saturated rings. The molecule has 0 aliphatic heterocycles. The molecule has 1 aromatic rings. The van der Waals surface area contributed by atoms with E-state index in [-0.39, 0.29) is 19.0 Å². The maximum Gasteiger partial charge on any atom is 0.318 e. The molecule has 1 aromatic heterocycles. The SMILES string of the molecule is COc1ncc(Cl)c(NCCC(=O)O)n1. The first-order valence-electron chi connectivity index (χ1n) is 4.15. The molecule has 7 heteroatoms. The number of nitrogens with one attached hydrogen (secondary N) is 1. The van der Waals surface area contributed by atoms with E-state index in [1.165, 1.54) is 13.3 Å². The molecule has 0 saturated carbocycles. The molecule has 0 atom stereocenters. The molecule has 0 spiro atoms. The molecule has 1 rings (SSSR count). The van der Waals surface area contributed by atoms with E-state index in [1.54, 1.807) is 0 Å². The number of hydrogen-bond donors (Lipinski definition) is 2. The van der Waals surface area contributed by atoms with Crippen LogP contribution < -0.4 is 10.1 Å². The number of ether oxygens (including phenoxy) is 1. The summed E-state index contributed by atoms with van der Waals surface area (Å²) in [6.45, 7) is 0.245. The predicted molar refractivity (Wildman–Crippen MR) is 54.3 cm³/mol. The zero-order chi connectivity index (χ0) is 11.3. The predicted octanol–water partition coefficient (Wildman–Crippen LogP) is 1.03. The minimum atomic E-state index is -0.889. The van der Waals surface area contributed by atoms with E-state index < -0.39 is 5.97 Å². The number of anilines is 1. The van der Waals surface area contributed by atoms with Gasteiger partial charge in [0.25, 0.3) is 0 Å². The number of rotatable bonds is 5. The topological polar surface area (TPSA) is 84.3 Å². The van der Waals surface area contributed by atoms with Gasteiger partial charge < -0.3 is 15.2 Å². The van der Waals surface area contributed by atoms with Crippen molar-refractivity contribution in [2.45, 2.75) is 6.42 Å². The smallest absolute Gasteiger partial charge is 0.318 e. The summed E-state index contributed by atoms with van der Waals surface area (Å²) >= 11 is 5.78. The Kier molecular flexibility index (Phi) is 4.11. The molecule has 15 heavy (non-hydrogen) atoms. The highest BCUT2D eigenvalue weighted by molar-refractivity contribution is 6.32. The molecule has 6 nitrogen and oxygen atoms in total. The third-order valence-electron chi connectivity index (χ3n) is 1.54. The van der Waals surface area contributed by atoms with Gasteiger partial charge in [0.15, 0.2) is 5.82 Å². The maximum atomic E-state index is 10.3. The summed E-state index contributed by atoms with van der Waals surface area (Å²) in [6.07, 6.45) is 1.37. The summed E-state index contributed by atoms with van der Waals surface area (Å²) < 4.78 is 4.80. The van der Waals surface area contributed by atoms with Crippen molar-refractivity contribution in [2.24, 2.45) is 0 Å². The van der Waals surface area contributed by atoms with Crippen LogP contribution in [0.5, 0.6) is 6.01 Å². The number of carboxylic acids is 1. The summed E-state index contributed by atoms with van der Waals surface area (Å²) in [7, 11) is 1.43. The molecular weight excluding hydrogens is 222 g/mol. The Bertz CT molecular complexity index is 359. The van der Waals surface area contributed by atoms with Gasteiger partial charge in [0, 0.05) is 6.54 Å². The van der Waals surface area contributed by atoms with E-state index in [9.17, 15) is 4.79 Å². The number of methoxy groups -OCH3 is 1. The van der Waals surface area contributed by atoms with E-state index in [1.807, 2.05) is 0 Å². The number of halogens is 1. The van der Waals surface area contributed by atoms with Crippen LogP contribution in [0.15, 0.2) is 6.20 Å². The van der Waals surface area contributed by atoms with Crippen LogP contribution in [0.1, 0.15) is 6.42 Å². The average Bonchev–Trinajstić information content (AvgIpc) is 2.20. The van der Waals surface area contributed by atoms with Crippen LogP contribution in [0.25, 0.3) is 0 Å². The number of aromatic nitrogens is 2. The normalized spacial score (nSPS) is 9.73. The van der Waals surface area contributed by atoms with Gasteiger partial charge in [-0.1, -0.05) is 11.6 Å². The second-order valence-corrected chi connectivity index (χ2v) is 3.03. The number of aliphatic carboxylic acids is 1. The lowest BCUT2D eigenvalue weighted by Crippen LogP contribution is -2.09. The number of carbonyl (C=O) groups is 1. The van der Waals surface area contributed by atoms with Gasteiger partial charge in [-0.2, -0.15) is 4.98 Å². The molecule has 0 saturated heterocycles. The van der Waals surface area contributed by atoms with Crippen LogP contribution in [0.2, 0.25) is 5.02 Å². The van der Waals surface area contributed by atoms with Gasteiger partial charge in [-0.25, -0.2) is 4.98 Å². The molecule has 0 aliphatic rings. The Labute approximate surface area is 91.3 Å². The Morgan fingerprint density at radius 1 is 1.73 bits per heavy atom. The highest BCUT2D eigenvalue weighted by Gasteiger charge is 2.05. The van der Waals surface area contributed by atoms with Gasteiger partial charge >= 0.3 is 12.0 Å². The highest BCUT2D eigenvalue weighted by Crippen LogP contribution is 2.19. The number of carboxylic acid groups (broad SMARTS) is 1. The van der Waals surface area contributed by atoms with Gasteiger partial charge in [0.1, 0.15) is 5.02 Å². The molecule has 0 bridgehead atoms. The van der Waals surface area contributed by atoms with E-state index in [2.05, 4.69) is 15.3 Å². The summed E-state index contributed by atoms with van der Waals surface area (Å²) in [5.41, 5.74) is 0. The standard InChI is InChI=1S/C8H10ClN3O3/c1-15-8-11-4-5(9)7(12-8)10-3-2-6(13)14/h4H,2-3H2,1H3,(H,13,14)(H,10,11,12). The van der Waals surface area contributed by atoms with E-state index >= 15 is 0 Å². The van der Waals surface area contributed by atoms with Crippen molar-refractivity contribution >= 4 is 23.4 Å². The van der Waals surface area contributed by atoms with Crippen molar-refractivity contribution in [1.82, 2.24) is 9.97 Å². The first-order chi connectivity index (χ1) is 7.13. The Balaban J connectivity index is 2.62. The fraction of sp³-hybridized carbons (Fsp3) is 0.375. The summed E-state index contributed by atoms with van der Waals surface area (Å²) in [5.74, 6) is -0.524. The van der Waals surface area contributed by atoms with Gasteiger partial charge in [-0.3, -0.25) is 4.79 Å². The van der Waals surface area contributed by atoms with Crippen LogP contribution in [-0.4, -0.2) is 34.7 Å². The molecule has 0 aromatic carbocycles. The molecule has 82 valence electrons. The maximum absolute atomic E-state index is 10.3. The molecule has 2 N–H and O–H groups in total. The first kappa shape index (κ1) is 11.5. The fourth-order valence-corrected chi connectivity index (χ4v) is 1.02. The first-order valence-corrected chi connectivity index (χ1v) is 4.53. The summed E-state index contributed by atoms with van der Waals surface area (Å²) in [4.78, 5) is 18.0. The molecular formula is C8H10ClN3O3. The highest BCUT2D eigenvalue weighted by atomic mass is 35.5. The molecule has 0 aliphatic carbocycles. The van der Waals surface area contributed by atoms with Gasteiger partial charge in [-0.15, -0.1) is 0 Å². The van der Waals surface area contributed by atoms with Gasteiger partial charge in [0.05, 0.1) is 19.7 Å². The van der Waals surface area contributed by atoms with Crippen LogP contribution in [0.3, 0.4) is 0 Å². The summed E-state index contributed by atoms with van der Waals surface area (Å²) in [5, 5.41) is 11.5. The number of nitrogens with zero attached hydrogens (tertiary/aromatic N) is 2. The molecule has 0 radical (unpaired) electrons. The second kappa shape index (κ2) is 5.35. The molecule has 0 amide bonds. The van der Waals surface area contributed by atoms with Crippen molar-refractivity contribution in [1.29, 1.82) is 0 Å². The van der Waals surface area contributed by atoms with Crippen molar-refractivity contribution < 1.29 is 14.6 Å². The Morgan fingerprint density at radius 2 is 2.47 bits per heavy atom. The third kappa shape index (κ3) is 3.59. The minimum Gasteiger partial charge on any atom is -0.481 e. The Hall–Kier alpha value is -1.56. The van der Waals surface area contributed by atoms with Crippen molar-refractivity contribution in [3.05, 3.63) is 11.2 Å². The van der Waals surface area contributed by atoms with Crippen molar-refractivity contribution in [3.8, 4) is 6.01 Å². The summed E-state index contributed by atoms with van der Waals surface area (Å²) in [6, 6.07) is 0.178. The third-order valence-corrected chi connectivity index (χ3v) is 1.81. The largest absolute Gasteiger partial charge is 0.481 e. The van der Waals surface area contributed by atoms with E-state index in [4.69, 9.17) is 21.4 Å². The van der Waals surface area contributed by atoms with E-state index in [0.29, 0.717) is 10.8 Å². The van der Waals surface area contributed by atoms with E-state index in [0.717, 1.165) is 0 Å². The second-order valence-electron chi connectivity index (χ2n) is 2.62.